The average molecular weight is 456 g/mol. The van der Waals surface area contributed by atoms with E-state index in [1.54, 1.807) is 0 Å². The number of nitrogens with zero attached hydrogens (tertiary/aromatic N) is 7. The SMILES string of the molecule is Cc1cc(-c2nc(-c3ccc(N4CCCC4)cc3)no2)nn1Cc1ccnc(N2CCCC2)c1. The van der Waals surface area contributed by atoms with Crippen LogP contribution in [0.2, 0.25) is 0 Å². The quantitative estimate of drug-likeness (QED) is 0.422. The van der Waals surface area contributed by atoms with Gasteiger partial charge < -0.3 is 14.3 Å². The first-order valence-corrected chi connectivity index (χ1v) is 12.2. The van der Waals surface area contributed by atoms with Crippen molar-refractivity contribution in [3.05, 3.63) is 59.9 Å². The number of aryl methyl sites for hydroxylation is 1. The van der Waals surface area contributed by atoms with E-state index in [1.165, 1.54) is 36.9 Å². The van der Waals surface area contributed by atoms with Crippen LogP contribution < -0.4 is 9.80 Å². The fourth-order valence-electron chi connectivity index (χ4n) is 4.87. The summed E-state index contributed by atoms with van der Waals surface area (Å²) in [7, 11) is 0. The standard InChI is InChI=1S/C26H29N7O/c1-19-16-23(29-33(19)18-20-10-11-27-24(17-20)32-14-4-5-15-32)26-28-25(30-34-26)21-6-8-22(9-7-21)31-12-2-3-13-31/h6-11,16-17H,2-5,12-15,18H2,1H3. The number of aromatic nitrogens is 5. The van der Waals surface area contributed by atoms with Crippen molar-refractivity contribution < 1.29 is 4.52 Å². The van der Waals surface area contributed by atoms with Crippen LogP contribution in [-0.4, -0.2) is 51.1 Å². The first-order valence-electron chi connectivity index (χ1n) is 12.2. The highest BCUT2D eigenvalue weighted by Crippen LogP contribution is 2.26. The maximum absolute atomic E-state index is 5.58. The zero-order valence-electron chi connectivity index (χ0n) is 19.5. The molecule has 0 radical (unpaired) electrons. The number of anilines is 2. The smallest absolute Gasteiger partial charge is 0.278 e. The molecule has 4 aromatic rings. The maximum Gasteiger partial charge on any atom is 0.278 e. The summed E-state index contributed by atoms with van der Waals surface area (Å²) in [5.41, 5.74) is 5.12. The van der Waals surface area contributed by atoms with Gasteiger partial charge in [0, 0.05) is 49.3 Å². The normalized spacial score (nSPS) is 16.0. The number of hydrogen-bond donors (Lipinski definition) is 0. The lowest BCUT2D eigenvalue weighted by atomic mass is 10.2. The van der Waals surface area contributed by atoms with Crippen molar-refractivity contribution in [2.75, 3.05) is 36.0 Å². The molecule has 2 aliphatic heterocycles. The van der Waals surface area contributed by atoms with Crippen molar-refractivity contribution in [3.63, 3.8) is 0 Å². The summed E-state index contributed by atoms with van der Waals surface area (Å²) < 4.78 is 7.56. The molecule has 0 amide bonds. The third-order valence-corrected chi connectivity index (χ3v) is 6.80. The molecule has 2 aliphatic rings. The fraction of sp³-hybridized carbons (Fsp3) is 0.385. The van der Waals surface area contributed by atoms with Gasteiger partial charge in [-0.25, -0.2) is 4.98 Å². The van der Waals surface area contributed by atoms with Gasteiger partial charge in [-0.3, -0.25) is 4.68 Å². The second-order valence-electron chi connectivity index (χ2n) is 9.21. The van der Waals surface area contributed by atoms with Gasteiger partial charge in [0.05, 0.1) is 6.54 Å². The molecule has 2 fully saturated rings. The van der Waals surface area contributed by atoms with Crippen molar-refractivity contribution in [2.45, 2.75) is 39.2 Å². The molecule has 0 atom stereocenters. The lowest BCUT2D eigenvalue weighted by Crippen LogP contribution is -2.19. The van der Waals surface area contributed by atoms with Crippen LogP contribution in [0, 0.1) is 6.92 Å². The van der Waals surface area contributed by atoms with Crippen LogP contribution in [0.3, 0.4) is 0 Å². The van der Waals surface area contributed by atoms with Crippen LogP contribution in [0.15, 0.2) is 53.2 Å². The summed E-state index contributed by atoms with van der Waals surface area (Å²) in [6.07, 6.45) is 6.90. The van der Waals surface area contributed by atoms with Gasteiger partial charge in [0.1, 0.15) is 5.82 Å². The number of rotatable bonds is 6. The summed E-state index contributed by atoms with van der Waals surface area (Å²) in [6, 6.07) is 14.6. The lowest BCUT2D eigenvalue weighted by molar-refractivity contribution is 0.430. The Hall–Kier alpha value is -3.68. The van der Waals surface area contributed by atoms with Gasteiger partial charge in [0.2, 0.25) is 5.82 Å². The molecule has 3 aromatic heterocycles. The first kappa shape index (κ1) is 20.9. The second kappa shape index (κ2) is 8.93. The molecule has 0 unspecified atom stereocenters. The van der Waals surface area contributed by atoms with Crippen LogP contribution in [0.1, 0.15) is 36.9 Å². The zero-order chi connectivity index (χ0) is 22.9. The topological polar surface area (TPSA) is 76.1 Å². The summed E-state index contributed by atoms with van der Waals surface area (Å²) in [5.74, 6) is 2.07. The Kier molecular flexibility index (Phi) is 5.49. The Labute approximate surface area is 199 Å². The highest BCUT2D eigenvalue weighted by atomic mass is 16.5. The molecule has 8 nitrogen and oxygen atoms in total. The van der Waals surface area contributed by atoms with E-state index in [1.807, 2.05) is 23.9 Å². The van der Waals surface area contributed by atoms with Crippen LogP contribution in [0.25, 0.3) is 23.0 Å². The van der Waals surface area contributed by atoms with E-state index in [0.717, 1.165) is 43.3 Å². The molecule has 174 valence electrons. The first-order chi connectivity index (χ1) is 16.7. The minimum absolute atomic E-state index is 0.438. The Morgan fingerprint density at radius 1 is 0.882 bits per heavy atom. The van der Waals surface area contributed by atoms with Gasteiger partial charge in [-0.05, 0) is 80.6 Å². The Bertz CT molecular complexity index is 1260. The zero-order valence-corrected chi connectivity index (χ0v) is 19.5. The van der Waals surface area contributed by atoms with Gasteiger partial charge in [0.15, 0.2) is 5.69 Å². The van der Waals surface area contributed by atoms with Crippen molar-refractivity contribution >= 4 is 11.5 Å². The van der Waals surface area contributed by atoms with Gasteiger partial charge in [-0.2, -0.15) is 10.1 Å². The monoisotopic (exact) mass is 455 g/mol. The van der Waals surface area contributed by atoms with E-state index in [4.69, 9.17) is 9.62 Å². The summed E-state index contributed by atoms with van der Waals surface area (Å²) in [5, 5.41) is 8.96. The highest BCUT2D eigenvalue weighted by Gasteiger charge is 2.18. The minimum Gasteiger partial charge on any atom is -0.372 e. The van der Waals surface area contributed by atoms with Crippen molar-refractivity contribution in [1.82, 2.24) is 24.9 Å². The number of pyridine rings is 1. The molecule has 5 heterocycles. The third-order valence-electron chi connectivity index (χ3n) is 6.80. The Morgan fingerprint density at radius 2 is 1.62 bits per heavy atom. The molecule has 0 aliphatic carbocycles. The van der Waals surface area contributed by atoms with Crippen LogP contribution in [0.4, 0.5) is 11.5 Å². The Morgan fingerprint density at radius 3 is 2.38 bits per heavy atom. The summed E-state index contributed by atoms with van der Waals surface area (Å²) in [4.78, 5) is 13.9. The van der Waals surface area contributed by atoms with Crippen LogP contribution in [-0.2, 0) is 6.54 Å². The summed E-state index contributed by atoms with van der Waals surface area (Å²) >= 11 is 0. The molecule has 0 saturated carbocycles. The fourth-order valence-corrected chi connectivity index (χ4v) is 4.87. The van der Waals surface area contributed by atoms with E-state index < -0.39 is 0 Å². The van der Waals surface area contributed by atoms with Crippen molar-refractivity contribution in [2.24, 2.45) is 0 Å². The van der Waals surface area contributed by atoms with Gasteiger partial charge in [0.25, 0.3) is 5.89 Å². The molecule has 0 bridgehead atoms. The predicted molar refractivity (Wildman–Crippen MR) is 132 cm³/mol. The predicted octanol–water partition coefficient (Wildman–Crippen LogP) is 4.55. The van der Waals surface area contributed by atoms with Crippen molar-refractivity contribution in [1.29, 1.82) is 0 Å². The van der Waals surface area contributed by atoms with E-state index >= 15 is 0 Å². The molecular formula is C26H29N7O. The molecule has 0 spiro atoms. The van der Waals surface area contributed by atoms with Gasteiger partial charge >= 0.3 is 0 Å². The van der Waals surface area contributed by atoms with E-state index in [-0.39, 0.29) is 0 Å². The van der Waals surface area contributed by atoms with Crippen LogP contribution >= 0.6 is 0 Å². The molecule has 34 heavy (non-hydrogen) atoms. The Balaban J connectivity index is 1.18. The number of hydrogen-bond acceptors (Lipinski definition) is 7. The van der Waals surface area contributed by atoms with E-state index in [9.17, 15) is 0 Å². The number of benzene rings is 1. The molecular weight excluding hydrogens is 426 g/mol. The highest BCUT2D eigenvalue weighted by molar-refractivity contribution is 5.62. The lowest BCUT2D eigenvalue weighted by Gasteiger charge is -2.17. The second-order valence-corrected chi connectivity index (χ2v) is 9.21. The van der Waals surface area contributed by atoms with Gasteiger partial charge in [-0.15, -0.1) is 0 Å². The largest absolute Gasteiger partial charge is 0.372 e. The van der Waals surface area contributed by atoms with E-state index in [0.29, 0.717) is 24.0 Å². The molecule has 1 aromatic carbocycles. The van der Waals surface area contributed by atoms with Crippen molar-refractivity contribution in [3.8, 4) is 23.0 Å². The minimum atomic E-state index is 0.438. The van der Waals surface area contributed by atoms with E-state index in [2.05, 4.69) is 61.3 Å². The molecule has 6 rings (SSSR count). The van der Waals surface area contributed by atoms with Crippen LogP contribution in [0.5, 0.6) is 0 Å². The molecule has 8 heteroatoms. The molecule has 2 saturated heterocycles. The average Bonchev–Trinajstić information content (AvgIpc) is 3.68. The summed E-state index contributed by atoms with van der Waals surface area (Å²) in [6.45, 7) is 7.16. The van der Waals surface area contributed by atoms with Gasteiger partial charge in [-0.1, -0.05) is 5.16 Å². The maximum atomic E-state index is 5.58. The molecule has 0 N–H and O–H groups in total. The third kappa shape index (κ3) is 4.16.